The number of aryl methyl sites for hydroxylation is 1. The second kappa shape index (κ2) is 8.60. The Balaban J connectivity index is 2.55. The van der Waals surface area contributed by atoms with Crippen LogP contribution < -0.4 is 5.32 Å². The van der Waals surface area contributed by atoms with Gasteiger partial charge < -0.3 is 5.32 Å². The lowest BCUT2D eigenvalue weighted by atomic mass is 10.0. The third kappa shape index (κ3) is 5.60. The van der Waals surface area contributed by atoms with Crippen molar-refractivity contribution in [2.45, 2.75) is 39.7 Å². The Morgan fingerprint density at radius 3 is 2.65 bits per heavy atom. The van der Waals surface area contributed by atoms with Crippen LogP contribution in [0, 0.1) is 6.92 Å². The van der Waals surface area contributed by atoms with E-state index in [0.29, 0.717) is 6.04 Å². The Bertz CT molecular complexity index is 304. The molecule has 0 radical (unpaired) electrons. The second-order valence-corrected chi connectivity index (χ2v) is 5.76. The monoisotopic (exact) mass is 251 g/mol. The number of rotatable bonds is 8. The van der Waals surface area contributed by atoms with Crippen LogP contribution in [0.3, 0.4) is 0 Å². The highest BCUT2D eigenvalue weighted by atomic mass is 32.2. The highest BCUT2D eigenvalue weighted by Crippen LogP contribution is 2.12. The molecule has 0 fully saturated rings. The Morgan fingerprint density at radius 1 is 1.24 bits per heavy atom. The molecule has 0 aromatic heterocycles. The summed E-state index contributed by atoms with van der Waals surface area (Å²) < 4.78 is 0. The fourth-order valence-corrected chi connectivity index (χ4v) is 2.66. The maximum atomic E-state index is 3.66. The van der Waals surface area contributed by atoms with Gasteiger partial charge in [-0.1, -0.05) is 38.1 Å². The van der Waals surface area contributed by atoms with Gasteiger partial charge in [-0.05, 0) is 43.2 Å². The average Bonchev–Trinajstić information content (AvgIpc) is 2.35. The molecule has 1 unspecified atom stereocenters. The van der Waals surface area contributed by atoms with Gasteiger partial charge in [0.25, 0.3) is 0 Å². The van der Waals surface area contributed by atoms with E-state index >= 15 is 0 Å². The van der Waals surface area contributed by atoms with Crippen LogP contribution in [0.5, 0.6) is 0 Å². The predicted molar refractivity (Wildman–Crippen MR) is 80.0 cm³/mol. The van der Waals surface area contributed by atoms with Crippen molar-refractivity contribution in [3.63, 3.8) is 0 Å². The van der Waals surface area contributed by atoms with Gasteiger partial charge in [0.05, 0.1) is 0 Å². The van der Waals surface area contributed by atoms with Gasteiger partial charge in [0.1, 0.15) is 0 Å². The largest absolute Gasteiger partial charge is 0.313 e. The second-order valence-electron chi connectivity index (χ2n) is 4.44. The zero-order valence-electron chi connectivity index (χ0n) is 11.3. The Labute approximate surface area is 110 Å². The number of nitrogens with one attached hydrogen (secondary N) is 1. The molecule has 96 valence electrons. The van der Waals surface area contributed by atoms with E-state index in [1.54, 1.807) is 0 Å². The summed E-state index contributed by atoms with van der Waals surface area (Å²) in [5, 5.41) is 3.66. The summed E-state index contributed by atoms with van der Waals surface area (Å²) in [6.45, 7) is 7.79. The molecule has 1 nitrogen and oxygen atoms in total. The number of hydrogen-bond acceptors (Lipinski definition) is 2. The predicted octanol–water partition coefficient (Wildman–Crippen LogP) is 3.66. The van der Waals surface area contributed by atoms with Crippen LogP contribution in [0.1, 0.15) is 31.4 Å². The summed E-state index contributed by atoms with van der Waals surface area (Å²) in [6, 6.07) is 9.34. The summed E-state index contributed by atoms with van der Waals surface area (Å²) in [6.07, 6.45) is 2.36. The van der Waals surface area contributed by atoms with Gasteiger partial charge in [-0.25, -0.2) is 0 Å². The van der Waals surface area contributed by atoms with Gasteiger partial charge >= 0.3 is 0 Å². The van der Waals surface area contributed by atoms with Crippen LogP contribution in [0.2, 0.25) is 0 Å². The minimum Gasteiger partial charge on any atom is -0.313 e. The molecule has 0 aliphatic carbocycles. The van der Waals surface area contributed by atoms with Crippen molar-refractivity contribution in [3.05, 3.63) is 35.4 Å². The quantitative estimate of drug-likeness (QED) is 0.757. The molecule has 0 saturated carbocycles. The highest BCUT2D eigenvalue weighted by molar-refractivity contribution is 7.99. The topological polar surface area (TPSA) is 12.0 Å². The van der Waals surface area contributed by atoms with Crippen molar-refractivity contribution in [1.82, 2.24) is 5.32 Å². The van der Waals surface area contributed by atoms with Crippen LogP contribution in [-0.2, 0) is 6.42 Å². The Morgan fingerprint density at radius 2 is 2.00 bits per heavy atom. The first kappa shape index (κ1) is 14.6. The molecular formula is C15H25NS. The van der Waals surface area contributed by atoms with Crippen molar-refractivity contribution in [2.24, 2.45) is 0 Å². The van der Waals surface area contributed by atoms with Crippen molar-refractivity contribution < 1.29 is 0 Å². The third-order valence-corrected chi connectivity index (χ3v) is 3.98. The van der Waals surface area contributed by atoms with Gasteiger partial charge in [0.2, 0.25) is 0 Å². The van der Waals surface area contributed by atoms with E-state index in [0.717, 1.165) is 13.0 Å². The summed E-state index contributed by atoms with van der Waals surface area (Å²) in [7, 11) is 0. The van der Waals surface area contributed by atoms with E-state index in [4.69, 9.17) is 0 Å². The van der Waals surface area contributed by atoms with E-state index in [1.807, 2.05) is 11.8 Å². The molecule has 1 rings (SSSR count). The van der Waals surface area contributed by atoms with Crippen molar-refractivity contribution in [2.75, 3.05) is 18.1 Å². The molecule has 0 aliphatic rings. The molecule has 0 aliphatic heterocycles. The Hall–Kier alpha value is -0.470. The van der Waals surface area contributed by atoms with Crippen molar-refractivity contribution in [1.29, 1.82) is 0 Å². The van der Waals surface area contributed by atoms with Crippen LogP contribution in [0.25, 0.3) is 0 Å². The minimum absolute atomic E-state index is 0.612. The molecular weight excluding hydrogens is 226 g/mol. The zero-order valence-corrected chi connectivity index (χ0v) is 12.1. The first-order valence-corrected chi connectivity index (χ1v) is 7.79. The molecule has 0 saturated heterocycles. The first-order chi connectivity index (χ1) is 8.27. The van der Waals surface area contributed by atoms with Gasteiger partial charge in [-0.15, -0.1) is 0 Å². The molecule has 0 heterocycles. The minimum atomic E-state index is 0.612. The van der Waals surface area contributed by atoms with Gasteiger partial charge in [-0.2, -0.15) is 11.8 Å². The van der Waals surface area contributed by atoms with Crippen molar-refractivity contribution >= 4 is 11.8 Å². The summed E-state index contributed by atoms with van der Waals surface area (Å²) in [5.74, 6) is 2.42. The first-order valence-electron chi connectivity index (χ1n) is 6.63. The lowest BCUT2D eigenvalue weighted by Crippen LogP contribution is -2.34. The van der Waals surface area contributed by atoms with E-state index in [9.17, 15) is 0 Å². The Kier molecular flexibility index (Phi) is 7.38. The van der Waals surface area contributed by atoms with E-state index in [-0.39, 0.29) is 0 Å². The van der Waals surface area contributed by atoms with Gasteiger partial charge in [0.15, 0.2) is 0 Å². The molecule has 1 aromatic rings. The standard InChI is InChI=1S/C15H25NS/c1-4-10-16-15(12-17-5-2)11-14-9-7-6-8-13(14)3/h6-9,15-16H,4-5,10-12H2,1-3H3. The van der Waals surface area contributed by atoms with E-state index in [1.165, 1.54) is 29.1 Å². The summed E-state index contributed by atoms with van der Waals surface area (Å²) >= 11 is 2.03. The molecule has 0 bridgehead atoms. The summed E-state index contributed by atoms with van der Waals surface area (Å²) in [4.78, 5) is 0. The van der Waals surface area contributed by atoms with E-state index < -0.39 is 0 Å². The SMILES string of the molecule is CCCNC(CSCC)Cc1ccccc1C. The molecule has 1 atom stereocenters. The number of benzene rings is 1. The van der Waals surface area contributed by atoms with E-state index in [2.05, 4.69) is 50.4 Å². The maximum Gasteiger partial charge on any atom is 0.0198 e. The lowest BCUT2D eigenvalue weighted by molar-refractivity contribution is 0.549. The van der Waals surface area contributed by atoms with Crippen LogP contribution in [0.4, 0.5) is 0 Å². The fraction of sp³-hybridized carbons (Fsp3) is 0.600. The molecule has 1 aromatic carbocycles. The number of thioether (sulfide) groups is 1. The average molecular weight is 251 g/mol. The van der Waals surface area contributed by atoms with Crippen LogP contribution in [-0.4, -0.2) is 24.1 Å². The number of hydrogen-bond donors (Lipinski definition) is 1. The smallest absolute Gasteiger partial charge is 0.0198 e. The maximum absolute atomic E-state index is 3.66. The zero-order chi connectivity index (χ0) is 12.5. The third-order valence-electron chi connectivity index (χ3n) is 2.93. The molecule has 17 heavy (non-hydrogen) atoms. The van der Waals surface area contributed by atoms with Crippen LogP contribution >= 0.6 is 11.8 Å². The highest BCUT2D eigenvalue weighted by Gasteiger charge is 2.09. The lowest BCUT2D eigenvalue weighted by Gasteiger charge is -2.19. The van der Waals surface area contributed by atoms with Gasteiger partial charge in [0, 0.05) is 11.8 Å². The van der Waals surface area contributed by atoms with Gasteiger partial charge in [-0.3, -0.25) is 0 Å². The van der Waals surface area contributed by atoms with Crippen molar-refractivity contribution in [3.8, 4) is 0 Å². The summed E-state index contributed by atoms with van der Waals surface area (Å²) in [5.41, 5.74) is 2.90. The fourth-order valence-electron chi connectivity index (χ4n) is 1.90. The molecule has 0 amide bonds. The van der Waals surface area contributed by atoms with Crippen LogP contribution in [0.15, 0.2) is 24.3 Å². The molecule has 1 N–H and O–H groups in total. The molecule has 2 heteroatoms. The molecule has 0 spiro atoms. The normalized spacial score (nSPS) is 12.6.